The van der Waals surface area contributed by atoms with Gasteiger partial charge in [0.2, 0.25) is 5.91 Å². The van der Waals surface area contributed by atoms with Crippen LogP contribution in [0.2, 0.25) is 0 Å². The van der Waals surface area contributed by atoms with Gasteiger partial charge in [-0.05, 0) is 70.6 Å². The van der Waals surface area contributed by atoms with Crippen molar-refractivity contribution in [3.05, 3.63) is 33.6 Å². The number of primary amides is 1. The Labute approximate surface area is 230 Å². The van der Waals surface area contributed by atoms with E-state index in [9.17, 15) is 14.4 Å². The average molecular weight is 595 g/mol. The molecule has 3 rings (SSSR count). The van der Waals surface area contributed by atoms with Gasteiger partial charge in [-0.3, -0.25) is 9.59 Å². The van der Waals surface area contributed by atoms with Crippen LogP contribution in [-0.4, -0.2) is 43.6 Å². The molecule has 0 radical (unpaired) electrons. The van der Waals surface area contributed by atoms with Gasteiger partial charge in [0.25, 0.3) is 5.91 Å². The summed E-state index contributed by atoms with van der Waals surface area (Å²) < 4.78 is 11.2. The number of carbonyl (C=O) groups is 3. The van der Waals surface area contributed by atoms with E-state index in [0.29, 0.717) is 10.5 Å². The predicted octanol–water partition coefficient (Wildman–Crippen LogP) is 5.35. The Hall–Kier alpha value is -2.59. The lowest BCUT2D eigenvalue weighted by molar-refractivity contribution is -0.128. The number of anilines is 1. The second kappa shape index (κ2) is 11.4. The Morgan fingerprint density at radius 3 is 2.43 bits per heavy atom. The van der Waals surface area contributed by atoms with Gasteiger partial charge in [-0.1, -0.05) is 39.8 Å². The SMILES string of the molecule is COC(=O)c1sc(-c2cccc(NC3CC(C)(C)CC(C)(C)C3)c2)c(Br)c1OCC(=O)NC(C)C(N)=O. The minimum atomic E-state index is -0.840. The molecule has 0 aliphatic heterocycles. The zero-order valence-electron chi connectivity index (χ0n) is 22.2. The molecule has 1 heterocycles. The van der Waals surface area contributed by atoms with Crippen molar-refractivity contribution in [3.63, 3.8) is 0 Å². The molecule has 1 aliphatic rings. The number of hydrogen-bond donors (Lipinski definition) is 3. The summed E-state index contributed by atoms with van der Waals surface area (Å²) in [7, 11) is 1.29. The van der Waals surface area contributed by atoms with Crippen LogP contribution in [0.1, 0.15) is 63.6 Å². The largest absolute Gasteiger partial charge is 0.481 e. The van der Waals surface area contributed by atoms with Gasteiger partial charge in [0.05, 0.1) is 16.5 Å². The molecule has 1 aromatic carbocycles. The molecule has 1 aromatic heterocycles. The fourth-order valence-corrected chi connectivity index (χ4v) is 7.33. The van der Waals surface area contributed by atoms with Crippen LogP contribution < -0.4 is 21.1 Å². The Balaban J connectivity index is 1.85. The van der Waals surface area contributed by atoms with E-state index in [1.54, 1.807) is 0 Å². The fourth-order valence-electron chi connectivity index (χ4n) is 5.36. The third kappa shape index (κ3) is 7.47. The zero-order valence-corrected chi connectivity index (χ0v) is 24.6. The van der Waals surface area contributed by atoms with E-state index in [1.165, 1.54) is 31.8 Å². The summed E-state index contributed by atoms with van der Waals surface area (Å²) in [6, 6.07) is 7.54. The van der Waals surface area contributed by atoms with Crippen LogP contribution in [-0.2, 0) is 14.3 Å². The number of rotatable bonds is 9. The standard InChI is InChI=1S/C27H36BrN3O5S/c1-15(24(29)33)30-19(32)13-36-21-20(28)22(37-23(21)25(34)35-6)16-8-7-9-17(10-16)31-18-11-26(2,3)14-27(4,5)12-18/h7-10,15,18,31H,11-14H2,1-6H3,(H2,29,33)(H,30,32). The molecule has 10 heteroatoms. The van der Waals surface area contributed by atoms with Crippen molar-refractivity contribution in [3.8, 4) is 16.2 Å². The summed E-state index contributed by atoms with van der Waals surface area (Å²) in [5.74, 6) is -1.55. The third-order valence-electron chi connectivity index (χ3n) is 6.38. The van der Waals surface area contributed by atoms with E-state index in [1.807, 2.05) is 18.2 Å². The number of carbonyl (C=O) groups excluding carboxylic acids is 3. The molecular formula is C27H36BrN3O5S. The molecule has 0 spiro atoms. The van der Waals surface area contributed by atoms with Gasteiger partial charge >= 0.3 is 5.97 Å². The van der Waals surface area contributed by atoms with Crippen molar-refractivity contribution in [1.29, 1.82) is 0 Å². The summed E-state index contributed by atoms with van der Waals surface area (Å²) >= 11 is 4.78. The summed E-state index contributed by atoms with van der Waals surface area (Å²) in [5.41, 5.74) is 7.61. The molecule has 8 nitrogen and oxygen atoms in total. The number of nitrogens with one attached hydrogen (secondary N) is 2. The van der Waals surface area contributed by atoms with Gasteiger partial charge in [0, 0.05) is 11.7 Å². The maximum Gasteiger partial charge on any atom is 0.351 e. The molecule has 4 N–H and O–H groups in total. The van der Waals surface area contributed by atoms with Gasteiger partial charge in [-0.15, -0.1) is 11.3 Å². The lowest BCUT2D eigenvalue weighted by atomic mass is 9.63. The molecule has 2 aromatic rings. The highest BCUT2D eigenvalue weighted by Gasteiger charge is 2.38. The monoisotopic (exact) mass is 593 g/mol. The second-order valence-electron chi connectivity index (χ2n) is 11.2. The van der Waals surface area contributed by atoms with Crippen molar-refractivity contribution in [2.75, 3.05) is 19.0 Å². The molecule has 2 amide bonds. The van der Waals surface area contributed by atoms with Gasteiger partial charge in [-0.2, -0.15) is 0 Å². The van der Waals surface area contributed by atoms with Crippen LogP contribution >= 0.6 is 27.3 Å². The summed E-state index contributed by atoms with van der Waals surface area (Å²) in [4.78, 5) is 36.9. The number of nitrogens with two attached hydrogens (primary N) is 1. The number of methoxy groups -OCH3 is 1. The van der Waals surface area contributed by atoms with Crippen LogP contribution in [0.5, 0.6) is 5.75 Å². The van der Waals surface area contributed by atoms with E-state index in [2.05, 4.69) is 60.3 Å². The van der Waals surface area contributed by atoms with Crippen LogP contribution in [0.25, 0.3) is 10.4 Å². The summed E-state index contributed by atoms with van der Waals surface area (Å²) in [6.45, 7) is 10.4. The molecule has 1 unspecified atom stereocenters. The molecule has 1 saturated carbocycles. The molecule has 37 heavy (non-hydrogen) atoms. The fraction of sp³-hybridized carbons (Fsp3) is 0.519. The van der Waals surface area contributed by atoms with Crippen LogP contribution in [0.3, 0.4) is 0 Å². The number of benzene rings is 1. The number of hydrogen-bond acceptors (Lipinski definition) is 7. The molecule has 0 saturated heterocycles. The van der Waals surface area contributed by atoms with Crippen molar-refractivity contribution >= 4 is 50.7 Å². The average Bonchev–Trinajstić information content (AvgIpc) is 3.11. The Morgan fingerprint density at radius 2 is 1.84 bits per heavy atom. The van der Waals surface area contributed by atoms with Crippen molar-refractivity contribution in [2.24, 2.45) is 16.6 Å². The highest BCUT2D eigenvalue weighted by molar-refractivity contribution is 9.10. The molecule has 1 fully saturated rings. The lowest BCUT2D eigenvalue weighted by Gasteiger charge is -2.45. The van der Waals surface area contributed by atoms with E-state index < -0.39 is 30.4 Å². The van der Waals surface area contributed by atoms with Gasteiger partial charge in [0.1, 0.15) is 6.04 Å². The van der Waals surface area contributed by atoms with E-state index in [4.69, 9.17) is 15.2 Å². The summed E-state index contributed by atoms with van der Waals surface area (Å²) in [6.07, 6.45) is 3.37. The Morgan fingerprint density at radius 1 is 1.19 bits per heavy atom. The minimum absolute atomic E-state index is 0.211. The van der Waals surface area contributed by atoms with Crippen molar-refractivity contribution in [2.45, 2.75) is 66.0 Å². The van der Waals surface area contributed by atoms with Crippen LogP contribution in [0, 0.1) is 10.8 Å². The number of ether oxygens (including phenoxy) is 2. The van der Waals surface area contributed by atoms with Gasteiger partial charge in [-0.25, -0.2) is 4.79 Å². The zero-order chi connectivity index (χ0) is 27.5. The number of halogens is 1. The van der Waals surface area contributed by atoms with E-state index in [-0.39, 0.29) is 21.5 Å². The first kappa shape index (κ1) is 29.0. The third-order valence-corrected chi connectivity index (χ3v) is 8.60. The molecule has 1 atom stereocenters. The Bertz CT molecular complexity index is 1160. The summed E-state index contributed by atoms with van der Waals surface area (Å²) in [5, 5.41) is 6.17. The highest BCUT2D eigenvalue weighted by Crippen LogP contribution is 2.48. The van der Waals surface area contributed by atoms with Crippen molar-refractivity contribution < 1.29 is 23.9 Å². The second-order valence-corrected chi connectivity index (χ2v) is 13.0. The van der Waals surface area contributed by atoms with Crippen LogP contribution in [0.4, 0.5) is 5.69 Å². The van der Waals surface area contributed by atoms with Crippen molar-refractivity contribution in [1.82, 2.24) is 5.32 Å². The first-order valence-electron chi connectivity index (χ1n) is 12.2. The quantitative estimate of drug-likeness (QED) is 0.337. The minimum Gasteiger partial charge on any atom is -0.481 e. The smallest absolute Gasteiger partial charge is 0.351 e. The normalized spacial score (nSPS) is 17.5. The molecule has 202 valence electrons. The van der Waals surface area contributed by atoms with Crippen LogP contribution in [0.15, 0.2) is 28.7 Å². The highest BCUT2D eigenvalue weighted by atomic mass is 79.9. The van der Waals surface area contributed by atoms with Gasteiger partial charge < -0.3 is 25.8 Å². The molecular weight excluding hydrogens is 558 g/mol. The number of thiophene rings is 1. The van der Waals surface area contributed by atoms with Gasteiger partial charge in [0.15, 0.2) is 17.2 Å². The molecule has 0 bridgehead atoms. The lowest BCUT2D eigenvalue weighted by Crippen LogP contribution is -2.44. The van der Waals surface area contributed by atoms with E-state index in [0.717, 1.165) is 29.0 Å². The maximum atomic E-state index is 12.5. The van der Waals surface area contributed by atoms with E-state index >= 15 is 0 Å². The number of amides is 2. The molecule has 1 aliphatic carbocycles. The predicted molar refractivity (Wildman–Crippen MR) is 150 cm³/mol. The first-order valence-corrected chi connectivity index (χ1v) is 13.8. The maximum absolute atomic E-state index is 12.5. The number of esters is 1. The topological polar surface area (TPSA) is 120 Å². The first-order chi connectivity index (χ1) is 17.2. The Kier molecular flexibility index (Phi) is 8.95.